The van der Waals surface area contributed by atoms with E-state index in [1.165, 1.54) is 6.92 Å². The van der Waals surface area contributed by atoms with Crippen LogP contribution in [0.2, 0.25) is 0 Å². The molecule has 100 valence electrons. The monoisotopic (exact) mass is 270 g/mol. The van der Waals surface area contributed by atoms with Gasteiger partial charge in [-0.3, -0.25) is 9.59 Å². The molecule has 1 aromatic heterocycles. The lowest BCUT2D eigenvalue weighted by Crippen LogP contribution is -2.50. The quantitative estimate of drug-likeness (QED) is 0.668. The van der Waals surface area contributed by atoms with Crippen LogP contribution in [-0.2, 0) is 16.0 Å². The summed E-state index contributed by atoms with van der Waals surface area (Å²) in [5.41, 5.74) is 0. The molecule has 2 N–H and O–H groups in total. The van der Waals surface area contributed by atoms with E-state index in [1.807, 2.05) is 13.0 Å². The Labute approximate surface area is 112 Å². The van der Waals surface area contributed by atoms with E-state index in [0.717, 1.165) is 5.76 Å². The van der Waals surface area contributed by atoms with Crippen molar-refractivity contribution < 1.29 is 14.0 Å². The van der Waals surface area contributed by atoms with Gasteiger partial charge in [0.25, 0.3) is 0 Å². The molecule has 0 saturated heterocycles. The van der Waals surface area contributed by atoms with Gasteiger partial charge in [-0.1, -0.05) is 0 Å². The molecule has 2 unspecified atom stereocenters. The molecule has 1 rings (SSSR count). The van der Waals surface area contributed by atoms with Crippen molar-refractivity contribution in [2.75, 3.05) is 5.75 Å². The Morgan fingerprint density at radius 1 is 1.44 bits per heavy atom. The van der Waals surface area contributed by atoms with Crippen LogP contribution in [0.1, 0.15) is 19.6 Å². The van der Waals surface area contributed by atoms with Gasteiger partial charge < -0.3 is 15.1 Å². The van der Waals surface area contributed by atoms with Crippen LogP contribution >= 0.6 is 12.6 Å². The highest BCUT2D eigenvalue weighted by atomic mass is 32.1. The van der Waals surface area contributed by atoms with Gasteiger partial charge in [0.1, 0.15) is 11.8 Å². The molecular formula is C12H18N2O3S. The number of hydrogen-bond acceptors (Lipinski definition) is 4. The van der Waals surface area contributed by atoms with Gasteiger partial charge in [-0.25, -0.2) is 0 Å². The van der Waals surface area contributed by atoms with E-state index in [9.17, 15) is 9.59 Å². The Morgan fingerprint density at radius 2 is 2.17 bits per heavy atom. The van der Waals surface area contributed by atoms with Gasteiger partial charge in [0.15, 0.2) is 0 Å². The predicted octanol–water partition coefficient (Wildman–Crippen LogP) is 0.761. The molecule has 0 fully saturated rings. The van der Waals surface area contributed by atoms with Gasteiger partial charge >= 0.3 is 0 Å². The molecular weight excluding hydrogens is 252 g/mol. The fourth-order valence-electron chi connectivity index (χ4n) is 1.56. The van der Waals surface area contributed by atoms with Crippen molar-refractivity contribution in [3.05, 3.63) is 24.2 Å². The van der Waals surface area contributed by atoms with Gasteiger partial charge in [-0.2, -0.15) is 12.6 Å². The van der Waals surface area contributed by atoms with Gasteiger partial charge in [0.05, 0.1) is 6.26 Å². The summed E-state index contributed by atoms with van der Waals surface area (Å²) in [5.74, 6) is 0.589. The maximum Gasteiger partial charge on any atom is 0.243 e. The molecule has 2 atom stereocenters. The van der Waals surface area contributed by atoms with Crippen LogP contribution in [0.4, 0.5) is 0 Å². The molecule has 0 aliphatic carbocycles. The molecule has 0 bridgehead atoms. The van der Waals surface area contributed by atoms with Crippen molar-refractivity contribution in [2.45, 2.75) is 32.4 Å². The van der Waals surface area contributed by atoms with Gasteiger partial charge in [0.2, 0.25) is 11.8 Å². The number of carbonyl (C=O) groups is 2. The van der Waals surface area contributed by atoms with E-state index < -0.39 is 6.04 Å². The zero-order valence-corrected chi connectivity index (χ0v) is 11.4. The number of rotatable bonds is 6. The number of nitrogens with one attached hydrogen (secondary N) is 2. The fraction of sp³-hybridized carbons (Fsp3) is 0.500. The smallest absolute Gasteiger partial charge is 0.243 e. The minimum Gasteiger partial charge on any atom is -0.469 e. The third-order valence-corrected chi connectivity index (χ3v) is 2.72. The lowest BCUT2D eigenvalue weighted by Gasteiger charge is -2.18. The van der Waals surface area contributed by atoms with Crippen LogP contribution in [0.15, 0.2) is 22.8 Å². The summed E-state index contributed by atoms with van der Waals surface area (Å²) in [4.78, 5) is 22.8. The first-order valence-electron chi connectivity index (χ1n) is 5.73. The number of carbonyl (C=O) groups excluding carboxylic acids is 2. The van der Waals surface area contributed by atoms with Crippen molar-refractivity contribution in [3.8, 4) is 0 Å². The molecule has 0 radical (unpaired) electrons. The largest absolute Gasteiger partial charge is 0.469 e. The molecule has 6 heteroatoms. The molecule has 0 spiro atoms. The van der Waals surface area contributed by atoms with Crippen molar-refractivity contribution in [1.82, 2.24) is 10.6 Å². The van der Waals surface area contributed by atoms with Crippen LogP contribution in [0.5, 0.6) is 0 Å². The first kappa shape index (κ1) is 14.6. The number of thiol groups is 1. The van der Waals surface area contributed by atoms with Crippen LogP contribution in [0.3, 0.4) is 0 Å². The van der Waals surface area contributed by atoms with E-state index in [0.29, 0.717) is 6.42 Å². The fourth-order valence-corrected chi connectivity index (χ4v) is 1.82. The van der Waals surface area contributed by atoms with Crippen LogP contribution in [0.25, 0.3) is 0 Å². The number of furan rings is 1. The molecule has 5 nitrogen and oxygen atoms in total. The summed E-state index contributed by atoms with van der Waals surface area (Å²) in [6, 6.07) is 2.98. The average molecular weight is 270 g/mol. The van der Waals surface area contributed by atoms with Crippen molar-refractivity contribution >= 4 is 24.4 Å². The Balaban J connectivity index is 2.44. The summed E-state index contributed by atoms with van der Waals surface area (Å²) in [7, 11) is 0. The third-order valence-electron chi connectivity index (χ3n) is 2.35. The van der Waals surface area contributed by atoms with E-state index >= 15 is 0 Å². The Kier molecular flexibility index (Phi) is 5.77. The summed E-state index contributed by atoms with van der Waals surface area (Å²) in [6.45, 7) is 3.25. The zero-order chi connectivity index (χ0) is 13.5. The third kappa shape index (κ3) is 4.83. The molecule has 1 heterocycles. The van der Waals surface area contributed by atoms with Crippen LogP contribution in [-0.4, -0.2) is 29.7 Å². The second-order valence-electron chi connectivity index (χ2n) is 4.13. The lowest BCUT2D eigenvalue weighted by molar-refractivity contribution is -0.127. The molecule has 18 heavy (non-hydrogen) atoms. The molecule has 0 aliphatic heterocycles. The lowest BCUT2D eigenvalue weighted by atomic mass is 10.2. The Hall–Kier alpha value is -1.43. The minimum absolute atomic E-state index is 0.0696. The van der Waals surface area contributed by atoms with E-state index in [4.69, 9.17) is 4.42 Å². The topological polar surface area (TPSA) is 71.3 Å². The van der Waals surface area contributed by atoms with E-state index in [1.54, 1.807) is 12.3 Å². The molecule has 2 amide bonds. The van der Waals surface area contributed by atoms with E-state index in [-0.39, 0.29) is 23.6 Å². The predicted molar refractivity (Wildman–Crippen MR) is 71.5 cm³/mol. The highest BCUT2D eigenvalue weighted by Gasteiger charge is 2.19. The molecule has 0 aliphatic rings. The summed E-state index contributed by atoms with van der Waals surface area (Å²) in [6.07, 6.45) is 2.20. The van der Waals surface area contributed by atoms with Crippen molar-refractivity contribution in [3.63, 3.8) is 0 Å². The molecule has 1 aromatic rings. The molecule has 0 saturated carbocycles. The molecule has 0 aromatic carbocycles. The standard InChI is InChI=1S/C12H18N2O3S/c1-8(6-10-4-3-5-17-10)13-12(16)11(7-18)14-9(2)15/h3-5,8,11,18H,6-7H2,1-2H3,(H,13,16)(H,14,15). The van der Waals surface area contributed by atoms with Crippen molar-refractivity contribution in [2.24, 2.45) is 0 Å². The Bertz CT molecular complexity index is 392. The van der Waals surface area contributed by atoms with Crippen LogP contribution in [0, 0.1) is 0 Å². The summed E-state index contributed by atoms with van der Waals surface area (Å²) < 4.78 is 5.20. The van der Waals surface area contributed by atoms with Gasteiger partial charge in [0, 0.05) is 25.1 Å². The van der Waals surface area contributed by atoms with Crippen LogP contribution < -0.4 is 10.6 Å². The second-order valence-corrected chi connectivity index (χ2v) is 4.49. The van der Waals surface area contributed by atoms with Crippen molar-refractivity contribution in [1.29, 1.82) is 0 Å². The van der Waals surface area contributed by atoms with E-state index in [2.05, 4.69) is 23.3 Å². The number of amides is 2. The normalized spacial score (nSPS) is 13.7. The highest BCUT2D eigenvalue weighted by molar-refractivity contribution is 7.80. The number of hydrogen-bond donors (Lipinski definition) is 3. The maximum atomic E-state index is 11.8. The summed E-state index contributed by atoms with van der Waals surface area (Å²) in [5, 5.41) is 5.35. The van der Waals surface area contributed by atoms with Gasteiger partial charge in [-0.15, -0.1) is 0 Å². The SMILES string of the molecule is CC(=O)NC(CS)C(=O)NC(C)Cc1ccco1. The second kappa shape index (κ2) is 7.10. The maximum absolute atomic E-state index is 11.8. The average Bonchev–Trinajstić information content (AvgIpc) is 2.77. The zero-order valence-electron chi connectivity index (χ0n) is 10.5. The first-order chi connectivity index (χ1) is 8.52. The highest BCUT2D eigenvalue weighted by Crippen LogP contribution is 2.04. The summed E-state index contributed by atoms with van der Waals surface area (Å²) >= 11 is 4.05. The minimum atomic E-state index is -0.607. The first-order valence-corrected chi connectivity index (χ1v) is 6.37. The Morgan fingerprint density at radius 3 is 2.67 bits per heavy atom. The van der Waals surface area contributed by atoms with Gasteiger partial charge in [-0.05, 0) is 19.1 Å².